The number of ether oxygens (including phenoxy) is 1. The second-order valence-electron chi connectivity index (χ2n) is 3.14. The van der Waals surface area contributed by atoms with Gasteiger partial charge in [-0.25, -0.2) is 0 Å². The third-order valence-electron chi connectivity index (χ3n) is 2.61. The minimum absolute atomic E-state index is 0.0938. The van der Waals surface area contributed by atoms with E-state index in [2.05, 4.69) is 0 Å². The first-order valence-corrected chi connectivity index (χ1v) is 3.56. The van der Waals surface area contributed by atoms with Gasteiger partial charge >= 0.3 is 5.97 Å². The molecule has 56 valence electrons. The molecule has 0 aromatic carbocycles. The number of rotatable bonds is 1. The van der Waals surface area contributed by atoms with Gasteiger partial charge in [-0.15, -0.1) is 0 Å². The van der Waals surface area contributed by atoms with Crippen molar-refractivity contribution in [2.75, 3.05) is 6.61 Å². The van der Waals surface area contributed by atoms with Gasteiger partial charge < -0.3 is 9.84 Å². The molecule has 1 unspecified atom stereocenters. The molecule has 2 aliphatic rings. The Morgan fingerprint density at radius 3 is 2.70 bits per heavy atom. The van der Waals surface area contributed by atoms with Crippen molar-refractivity contribution in [2.24, 2.45) is 17.8 Å². The summed E-state index contributed by atoms with van der Waals surface area (Å²) >= 11 is 0. The number of carboxylic acid groups (broad SMARTS) is 1. The third kappa shape index (κ3) is 0.611. The zero-order valence-electron chi connectivity index (χ0n) is 5.78. The van der Waals surface area contributed by atoms with Crippen LogP contribution >= 0.6 is 0 Å². The van der Waals surface area contributed by atoms with Crippen molar-refractivity contribution in [3.8, 4) is 0 Å². The zero-order chi connectivity index (χ0) is 7.30. The van der Waals surface area contributed by atoms with Crippen LogP contribution in [0.1, 0.15) is 6.92 Å². The molecule has 1 heterocycles. The first kappa shape index (κ1) is 6.16. The maximum Gasteiger partial charge on any atom is 0.307 e. The number of hydrogen-bond donors (Lipinski definition) is 1. The fraction of sp³-hybridized carbons (Fsp3) is 0.857. The van der Waals surface area contributed by atoms with Crippen molar-refractivity contribution >= 4 is 5.97 Å². The van der Waals surface area contributed by atoms with E-state index in [1.165, 1.54) is 0 Å². The van der Waals surface area contributed by atoms with Crippen molar-refractivity contribution in [2.45, 2.75) is 13.0 Å². The molecule has 1 aliphatic heterocycles. The van der Waals surface area contributed by atoms with E-state index in [0.717, 1.165) is 0 Å². The normalized spacial score (nSPS) is 50.5. The van der Waals surface area contributed by atoms with Crippen LogP contribution in [0.25, 0.3) is 0 Å². The highest BCUT2D eigenvalue weighted by Gasteiger charge is 2.61. The fourth-order valence-corrected chi connectivity index (χ4v) is 1.98. The van der Waals surface area contributed by atoms with E-state index in [1.807, 2.05) is 6.92 Å². The van der Waals surface area contributed by atoms with Gasteiger partial charge in [0.05, 0.1) is 18.6 Å². The highest BCUT2D eigenvalue weighted by molar-refractivity contribution is 5.74. The summed E-state index contributed by atoms with van der Waals surface area (Å²) in [5.41, 5.74) is 0. The smallest absolute Gasteiger partial charge is 0.307 e. The minimum atomic E-state index is -0.648. The Balaban J connectivity index is 2.05. The maximum absolute atomic E-state index is 10.5. The Labute approximate surface area is 59.0 Å². The van der Waals surface area contributed by atoms with Crippen LogP contribution in [0.5, 0.6) is 0 Å². The first-order valence-electron chi connectivity index (χ1n) is 3.56. The second kappa shape index (κ2) is 1.72. The Kier molecular flexibility index (Phi) is 1.06. The number of hydrogen-bond acceptors (Lipinski definition) is 2. The summed E-state index contributed by atoms with van der Waals surface area (Å²) in [5, 5.41) is 8.62. The van der Waals surface area contributed by atoms with Crippen LogP contribution in [0.2, 0.25) is 0 Å². The highest BCUT2D eigenvalue weighted by atomic mass is 16.5. The number of aliphatic carboxylic acids is 1. The van der Waals surface area contributed by atoms with Crippen molar-refractivity contribution < 1.29 is 14.6 Å². The van der Waals surface area contributed by atoms with Crippen LogP contribution in [0, 0.1) is 17.8 Å². The lowest BCUT2D eigenvalue weighted by molar-refractivity contribution is -0.140. The van der Waals surface area contributed by atoms with Crippen molar-refractivity contribution in [1.29, 1.82) is 0 Å². The number of carboxylic acids is 1. The summed E-state index contributed by atoms with van der Waals surface area (Å²) < 4.78 is 5.23. The van der Waals surface area contributed by atoms with Crippen LogP contribution in [0.4, 0.5) is 0 Å². The van der Waals surface area contributed by atoms with Crippen molar-refractivity contribution in [3.05, 3.63) is 0 Å². The molecule has 3 heteroatoms. The quantitative estimate of drug-likeness (QED) is 0.574. The van der Waals surface area contributed by atoms with E-state index >= 15 is 0 Å². The summed E-state index contributed by atoms with van der Waals surface area (Å²) in [6.45, 7) is 2.61. The molecule has 0 aromatic rings. The van der Waals surface area contributed by atoms with Gasteiger partial charge in [-0.05, 0) is 6.92 Å². The van der Waals surface area contributed by atoms with E-state index < -0.39 is 5.97 Å². The average molecular weight is 142 g/mol. The fourth-order valence-electron chi connectivity index (χ4n) is 1.98. The zero-order valence-corrected chi connectivity index (χ0v) is 5.78. The molecule has 10 heavy (non-hydrogen) atoms. The first-order chi connectivity index (χ1) is 4.72. The molecular formula is C7H10O3. The second-order valence-corrected chi connectivity index (χ2v) is 3.14. The minimum Gasteiger partial charge on any atom is -0.481 e. The molecule has 3 nitrogen and oxygen atoms in total. The maximum atomic E-state index is 10.5. The summed E-state index contributed by atoms with van der Waals surface area (Å²) in [5.74, 6) is -0.0982. The monoisotopic (exact) mass is 142 g/mol. The van der Waals surface area contributed by atoms with Gasteiger partial charge in [0.2, 0.25) is 0 Å². The molecule has 1 aliphatic carbocycles. The van der Waals surface area contributed by atoms with Crippen LogP contribution in [-0.2, 0) is 9.53 Å². The third-order valence-corrected chi connectivity index (χ3v) is 2.61. The molecule has 4 atom stereocenters. The summed E-state index contributed by atoms with van der Waals surface area (Å²) in [6, 6.07) is 0. The molecule has 1 saturated heterocycles. The lowest BCUT2D eigenvalue weighted by Gasteiger charge is -2.05. The van der Waals surface area contributed by atoms with Gasteiger partial charge in [0, 0.05) is 11.8 Å². The van der Waals surface area contributed by atoms with Gasteiger partial charge in [-0.2, -0.15) is 0 Å². The van der Waals surface area contributed by atoms with Crippen LogP contribution in [-0.4, -0.2) is 23.8 Å². The Hall–Kier alpha value is -0.570. The molecule has 0 aromatic heterocycles. The predicted octanol–water partition coefficient (Wildman–Crippen LogP) is 0.352. The molecule has 2 fully saturated rings. The van der Waals surface area contributed by atoms with E-state index in [1.54, 1.807) is 0 Å². The largest absolute Gasteiger partial charge is 0.481 e. The Morgan fingerprint density at radius 2 is 2.40 bits per heavy atom. The van der Waals surface area contributed by atoms with E-state index in [9.17, 15) is 4.79 Å². The van der Waals surface area contributed by atoms with Gasteiger partial charge in [-0.1, -0.05) is 0 Å². The van der Waals surface area contributed by atoms with Gasteiger partial charge in [0.1, 0.15) is 0 Å². The number of fused-ring (bicyclic) bond motifs is 1. The van der Waals surface area contributed by atoms with Gasteiger partial charge in [0.15, 0.2) is 0 Å². The predicted molar refractivity (Wildman–Crippen MR) is 33.5 cm³/mol. The Morgan fingerprint density at radius 1 is 1.70 bits per heavy atom. The van der Waals surface area contributed by atoms with Crippen molar-refractivity contribution in [1.82, 2.24) is 0 Å². The lowest BCUT2D eigenvalue weighted by Crippen LogP contribution is -2.13. The lowest BCUT2D eigenvalue weighted by atomic mass is 10.2. The molecule has 0 spiro atoms. The molecule has 1 saturated carbocycles. The van der Waals surface area contributed by atoms with Gasteiger partial charge in [-0.3, -0.25) is 4.79 Å². The van der Waals surface area contributed by atoms with E-state index in [4.69, 9.17) is 9.84 Å². The average Bonchev–Trinajstić information content (AvgIpc) is 2.48. The number of carbonyl (C=O) groups is 1. The Bertz CT molecular complexity index is 178. The molecule has 0 bridgehead atoms. The van der Waals surface area contributed by atoms with Crippen LogP contribution < -0.4 is 0 Å². The highest BCUT2D eigenvalue weighted by Crippen LogP contribution is 2.54. The van der Waals surface area contributed by atoms with E-state index in [0.29, 0.717) is 18.4 Å². The van der Waals surface area contributed by atoms with Crippen molar-refractivity contribution in [3.63, 3.8) is 0 Å². The van der Waals surface area contributed by atoms with Gasteiger partial charge in [0.25, 0.3) is 0 Å². The summed E-state index contributed by atoms with van der Waals surface area (Å²) in [4.78, 5) is 10.5. The van der Waals surface area contributed by atoms with Crippen LogP contribution in [0.3, 0.4) is 0 Å². The standard InChI is InChI=1S/C7H10O3/c1-3-5-4(2-10-3)6(5)7(8)9/h3-6H,2H2,1H3,(H,8,9)/t3?,4-,5+,6+/m0/s1. The van der Waals surface area contributed by atoms with Crippen LogP contribution in [0.15, 0.2) is 0 Å². The molecule has 2 rings (SSSR count). The molecule has 1 N–H and O–H groups in total. The summed E-state index contributed by atoms with van der Waals surface area (Å²) in [6.07, 6.45) is 0.172. The topological polar surface area (TPSA) is 46.5 Å². The molecular weight excluding hydrogens is 132 g/mol. The van der Waals surface area contributed by atoms with E-state index in [-0.39, 0.29) is 12.0 Å². The molecule has 0 amide bonds. The SMILES string of the molecule is CC1OC[C@@H]2[C@@H](C(=O)O)[C@H]12. The summed E-state index contributed by atoms with van der Waals surface area (Å²) in [7, 11) is 0. The molecule has 0 radical (unpaired) electrons.